The molecule has 0 aliphatic heterocycles. The molecule has 0 radical (unpaired) electrons. The topological polar surface area (TPSA) is 114 Å². The molecule has 3 rings (SSSR count). The molecule has 32 heavy (non-hydrogen) atoms. The highest BCUT2D eigenvalue weighted by Gasteiger charge is 2.32. The molecule has 0 fully saturated rings. The Balaban J connectivity index is 1.63. The lowest BCUT2D eigenvalue weighted by molar-refractivity contribution is -0.140. The van der Waals surface area contributed by atoms with E-state index in [0.29, 0.717) is 0 Å². The highest BCUT2D eigenvalue weighted by atomic mass is 16.6. The number of benzene rings is 2. The molecule has 3 N–H and O–H groups in total. The van der Waals surface area contributed by atoms with Crippen LogP contribution in [0, 0.1) is 0 Å². The molecule has 0 saturated carbocycles. The van der Waals surface area contributed by atoms with Crippen LogP contribution in [0.25, 0.3) is 11.1 Å². The summed E-state index contributed by atoms with van der Waals surface area (Å²) in [7, 11) is 0. The number of aliphatic carboxylic acids is 1. The number of ether oxygens (including phenoxy) is 2. The minimum absolute atomic E-state index is 0.0556. The van der Waals surface area contributed by atoms with Crippen molar-refractivity contribution < 1.29 is 29.0 Å². The maximum absolute atomic E-state index is 12.4. The summed E-state index contributed by atoms with van der Waals surface area (Å²) in [5.74, 6) is -1.45. The number of rotatable bonds is 6. The Morgan fingerprint density at radius 1 is 0.938 bits per heavy atom. The number of hydrogen-bond acceptors (Lipinski definition) is 5. The molecular weight excluding hydrogens is 412 g/mol. The predicted molar refractivity (Wildman–Crippen MR) is 118 cm³/mol. The Hall–Kier alpha value is -3.55. The van der Waals surface area contributed by atoms with E-state index >= 15 is 0 Å². The Kier molecular flexibility index (Phi) is 6.72. The second-order valence-electron chi connectivity index (χ2n) is 8.72. The summed E-state index contributed by atoms with van der Waals surface area (Å²) in [6.07, 6.45) is -1.65. The van der Waals surface area contributed by atoms with Gasteiger partial charge in [-0.1, -0.05) is 48.5 Å². The zero-order chi connectivity index (χ0) is 23.5. The third kappa shape index (κ3) is 5.38. The number of carboxylic acid groups (broad SMARTS) is 1. The van der Waals surface area contributed by atoms with Gasteiger partial charge in [-0.05, 0) is 49.9 Å². The summed E-state index contributed by atoms with van der Waals surface area (Å²) in [6.45, 7) is 6.61. The van der Waals surface area contributed by atoms with Crippen LogP contribution in [0.1, 0.15) is 44.7 Å². The molecule has 8 nitrogen and oxygen atoms in total. The fourth-order valence-corrected chi connectivity index (χ4v) is 3.74. The predicted octanol–water partition coefficient (Wildman–Crippen LogP) is 3.89. The van der Waals surface area contributed by atoms with E-state index in [2.05, 4.69) is 10.6 Å². The number of carbonyl (C=O) groups is 3. The first kappa shape index (κ1) is 23.1. The number of alkyl carbamates (subject to hydrolysis) is 2. The molecule has 2 atom stereocenters. The number of fused-ring (bicyclic) bond motifs is 3. The Morgan fingerprint density at radius 2 is 1.47 bits per heavy atom. The van der Waals surface area contributed by atoms with Crippen molar-refractivity contribution in [1.29, 1.82) is 0 Å². The van der Waals surface area contributed by atoms with E-state index in [1.807, 2.05) is 48.5 Å². The van der Waals surface area contributed by atoms with Gasteiger partial charge < -0.3 is 25.2 Å². The van der Waals surface area contributed by atoms with Crippen LogP contribution in [0.5, 0.6) is 0 Å². The standard InChI is InChI=1S/C24H28N2O6/c1-14(25-23(30)32-24(2,3)4)20(21(27)28)26-22(29)31-13-19-17-11-7-5-9-15(17)16-10-6-8-12-18(16)19/h5-12,14,19-20H,13H2,1-4H3,(H,25,30)(H,26,29)(H,27,28)/t14-,20+/m0/s1. The number of nitrogens with one attached hydrogen (secondary N) is 2. The van der Waals surface area contributed by atoms with E-state index in [4.69, 9.17) is 9.47 Å². The monoisotopic (exact) mass is 440 g/mol. The van der Waals surface area contributed by atoms with Crippen molar-refractivity contribution in [2.45, 2.75) is 51.3 Å². The zero-order valence-corrected chi connectivity index (χ0v) is 18.5. The van der Waals surface area contributed by atoms with E-state index < -0.39 is 35.8 Å². The Morgan fingerprint density at radius 3 is 1.97 bits per heavy atom. The Bertz CT molecular complexity index is 968. The molecule has 0 heterocycles. The molecular formula is C24H28N2O6. The van der Waals surface area contributed by atoms with Gasteiger partial charge in [0.15, 0.2) is 0 Å². The first-order valence-electron chi connectivity index (χ1n) is 10.4. The van der Waals surface area contributed by atoms with Crippen molar-refractivity contribution in [2.75, 3.05) is 6.61 Å². The van der Waals surface area contributed by atoms with Crippen LogP contribution in [-0.4, -0.2) is 47.6 Å². The molecule has 2 aromatic rings. The Labute approximate surface area is 186 Å². The van der Waals surface area contributed by atoms with E-state index in [9.17, 15) is 19.5 Å². The summed E-state index contributed by atoms with van der Waals surface area (Å²) < 4.78 is 10.5. The minimum Gasteiger partial charge on any atom is -0.480 e. The molecule has 0 bridgehead atoms. The molecule has 0 unspecified atom stereocenters. The van der Waals surface area contributed by atoms with Gasteiger partial charge in [-0.3, -0.25) is 0 Å². The molecule has 1 aliphatic carbocycles. The van der Waals surface area contributed by atoms with Gasteiger partial charge in [0.1, 0.15) is 18.2 Å². The summed E-state index contributed by atoms with van der Waals surface area (Å²) in [4.78, 5) is 36.0. The quantitative estimate of drug-likeness (QED) is 0.628. The van der Waals surface area contributed by atoms with Crippen LogP contribution in [-0.2, 0) is 14.3 Å². The molecule has 0 aromatic heterocycles. The van der Waals surface area contributed by atoms with Gasteiger partial charge in [0.05, 0.1) is 6.04 Å². The SMILES string of the molecule is C[C@H](NC(=O)OC(C)(C)C)[C@@H](NC(=O)OCC1c2ccccc2-c2ccccc21)C(=O)O. The minimum atomic E-state index is -1.39. The van der Waals surface area contributed by atoms with Crippen molar-refractivity contribution in [1.82, 2.24) is 10.6 Å². The van der Waals surface area contributed by atoms with Gasteiger partial charge in [-0.25, -0.2) is 14.4 Å². The van der Waals surface area contributed by atoms with Crippen LogP contribution in [0.3, 0.4) is 0 Å². The van der Waals surface area contributed by atoms with Gasteiger partial charge in [-0.2, -0.15) is 0 Å². The molecule has 8 heteroatoms. The van der Waals surface area contributed by atoms with Crippen LogP contribution in [0.2, 0.25) is 0 Å². The molecule has 0 spiro atoms. The molecule has 0 saturated heterocycles. The average molecular weight is 440 g/mol. The number of carboxylic acids is 1. The van der Waals surface area contributed by atoms with Crippen molar-refractivity contribution >= 4 is 18.2 Å². The van der Waals surface area contributed by atoms with Gasteiger partial charge >= 0.3 is 18.2 Å². The van der Waals surface area contributed by atoms with E-state index in [1.165, 1.54) is 6.92 Å². The maximum Gasteiger partial charge on any atom is 0.407 e. The molecule has 1 aliphatic rings. The lowest BCUT2D eigenvalue weighted by atomic mass is 9.98. The third-order valence-corrected chi connectivity index (χ3v) is 5.13. The molecule has 2 aromatic carbocycles. The maximum atomic E-state index is 12.4. The lowest BCUT2D eigenvalue weighted by Gasteiger charge is -2.25. The van der Waals surface area contributed by atoms with Gasteiger partial charge in [0.25, 0.3) is 0 Å². The fourth-order valence-electron chi connectivity index (χ4n) is 3.74. The largest absolute Gasteiger partial charge is 0.480 e. The second-order valence-corrected chi connectivity index (χ2v) is 8.72. The van der Waals surface area contributed by atoms with E-state index in [-0.39, 0.29) is 12.5 Å². The van der Waals surface area contributed by atoms with Gasteiger partial charge in [0, 0.05) is 5.92 Å². The molecule has 170 valence electrons. The normalized spacial score (nSPS) is 14.5. The number of carbonyl (C=O) groups excluding carboxylic acids is 2. The van der Waals surface area contributed by atoms with Crippen LogP contribution < -0.4 is 10.6 Å². The average Bonchev–Trinajstić information content (AvgIpc) is 3.02. The van der Waals surface area contributed by atoms with Crippen LogP contribution in [0.4, 0.5) is 9.59 Å². The highest BCUT2D eigenvalue weighted by molar-refractivity contribution is 5.82. The van der Waals surface area contributed by atoms with Crippen LogP contribution in [0.15, 0.2) is 48.5 Å². The third-order valence-electron chi connectivity index (χ3n) is 5.13. The first-order valence-corrected chi connectivity index (χ1v) is 10.4. The summed E-state index contributed by atoms with van der Waals surface area (Å²) in [5.41, 5.74) is 3.56. The van der Waals surface area contributed by atoms with Crippen molar-refractivity contribution in [3.63, 3.8) is 0 Å². The number of hydrogen-bond donors (Lipinski definition) is 3. The van der Waals surface area contributed by atoms with E-state index in [1.54, 1.807) is 20.8 Å². The summed E-state index contributed by atoms with van der Waals surface area (Å²) in [5, 5.41) is 14.3. The summed E-state index contributed by atoms with van der Waals surface area (Å²) >= 11 is 0. The fraction of sp³-hybridized carbons (Fsp3) is 0.375. The second kappa shape index (κ2) is 9.30. The first-order chi connectivity index (χ1) is 15.1. The van der Waals surface area contributed by atoms with Crippen molar-refractivity contribution in [3.05, 3.63) is 59.7 Å². The number of amides is 2. The smallest absolute Gasteiger partial charge is 0.407 e. The molecule has 2 amide bonds. The van der Waals surface area contributed by atoms with Crippen LogP contribution >= 0.6 is 0 Å². The lowest BCUT2D eigenvalue weighted by Crippen LogP contribution is -2.55. The highest BCUT2D eigenvalue weighted by Crippen LogP contribution is 2.44. The zero-order valence-electron chi connectivity index (χ0n) is 18.5. The van der Waals surface area contributed by atoms with Gasteiger partial charge in [-0.15, -0.1) is 0 Å². The van der Waals surface area contributed by atoms with Gasteiger partial charge in [0.2, 0.25) is 0 Å². The van der Waals surface area contributed by atoms with Crippen molar-refractivity contribution in [3.8, 4) is 11.1 Å². The van der Waals surface area contributed by atoms with Crippen molar-refractivity contribution in [2.24, 2.45) is 0 Å². The summed E-state index contributed by atoms with van der Waals surface area (Å²) in [6, 6.07) is 13.5. The van der Waals surface area contributed by atoms with E-state index in [0.717, 1.165) is 22.3 Å².